The fraction of sp³-hybridized carbons (Fsp3) is 0.529. The second-order valence-corrected chi connectivity index (χ2v) is 5.17. The van der Waals surface area contributed by atoms with E-state index in [4.69, 9.17) is 14.6 Å². The molecule has 1 rings (SSSR count). The van der Waals surface area contributed by atoms with Crippen molar-refractivity contribution in [1.82, 2.24) is 4.90 Å². The zero-order valence-corrected chi connectivity index (χ0v) is 13.9. The van der Waals surface area contributed by atoms with E-state index in [1.807, 2.05) is 13.8 Å². The number of amides is 1. The number of carbonyl (C=O) groups excluding carboxylic acids is 1. The highest BCUT2D eigenvalue weighted by Crippen LogP contribution is 2.18. The van der Waals surface area contributed by atoms with E-state index < -0.39 is 12.6 Å². The van der Waals surface area contributed by atoms with Crippen molar-refractivity contribution in [3.8, 4) is 5.75 Å². The maximum atomic E-state index is 12.8. The fourth-order valence-corrected chi connectivity index (χ4v) is 2.40. The molecule has 0 fully saturated rings. The molecule has 1 aromatic carbocycles. The molecule has 6 heteroatoms. The van der Waals surface area contributed by atoms with Gasteiger partial charge in [0.15, 0.2) is 6.61 Å². The molecule has 6 nitrogen and oxygen atoms in total. The SMILES string of the molecule is CCC(CC)N(CCOC)C(=O)c1cccc(OCC(=O)O)c1. The fourth-order valence-electron chi connectivity index (χ4n) is 2.40. The third-order valence-corrected chi connectivity index (χ3v) is 3.62. The molecule has 0 saturated heterocycles. The number of hydrogen-bond donors (Lipinski definition) is 1. The van der Waals surface area contributed by atoms with Crippen molar-refractivity contribution in [3.63, 3.8) is 0 Å². The number of hydrogen-bond acceptors (Lipinski definition) is 4. The van der Waals surface area contributed by atoms with Gasteiger partial charge >= 0.3 is 5.97 Å². The first kappa shape index (κ1) is 19.0. The van der Waals surface area contributed by atoms with Crippen LogP contribution >= 0.6 is 0 Å². The van der Waals surface area contributed by atoms with Crippen molar-refractivity contribution in [1.29, 1.82) is 0 Å². The van der Waals surface area contributed by atoms with Crippen LogP contribution < -0.4 is 4.74 Å². The predicted octanol–water partition coefficient (Wildman–Crippen LogP) is 2.43. The van der Waals surface area contributed by atoms with Gasteiger partial charge in [0, 0.05) is 25.3 Å². The average Bonchev–Trinajstić information content (AvgIpc) is 2.56. The Morgan fingerprint density at radius 3 is 2.52 bits per heavy atom. The van der Waals surface area contributed by atoms with Crippen molar-refractivity contribution < 1.29 is 24.2 Å². The normalized spacial score (nSPS) is 10.6. The Bertz CT molecular complexity index is 513. The van der Waals surface area contributed by atoms with Gasteiger partial charge in [-0.2, -0.15) is 0 Å². The lowest BCUT2D eigenvalue weighted by atomic mass is 10.1. The summed E-state index contributed by atoms with van der Waals surface area (Å²) < 4.78 is 10.2. The first-order valence-corrected chi connectivity index (χ1v) is 7.78. The molecule has 0 aliphatic carbocycles. The number of ether oxygens (including phenoxy) is 2. The Morgan fingerprint density at radius 2 is 1.96 bits per heavy atom. The second kappa shape index (κ2) is 9.84. The minimum absolute atomic E-state index is 0.100. The van der Waals surface area contributed by atoms with E-state index >= 15 is 0 Å². The maximum absolute atomic E-state index is 12.8. The van der Waals surface area contributed by atoms with Gasteiger partial charge in [-0.15, -0.1) is 0 Å². The van der Waals surface area contributed by atoms with Crippen molar-refractivity contribution >= 4 is 11.9 Å². The summed E-state index contributed by atoms with van der Waals surface area (Å²) in [6, 6.07) is 6.74. The van der Waals surface area contributed by atoms with Crippen LogP contribution in [0.2, 0.25) is 0 Å². The Hall–Kier alpha value is -2.08. The summed E-state index contributed by atoms with van der Waals surface area (Å²) in [6.45, 7) is 4.65. The molecule has 0 radical (unpaired) electrons. The van der Waals surface area contributed by atoms with Crippen molar-refractivity contribution in [2.75, 3.05) is 26.9 Å². The van der Waals surface area contributed by atoms with Crippen molar-refractivity contribution in [2.24, 2.45) is 0 Å². The van der Waals surface area contributed by atoms with Gasteiger partial charge in [-0.3, -0.25) is 4.79 Å². The monoisotopic (exact) mass is 323 g/mol. The summed E-state index contributed by atoms with van der Waals surface area (Å²) in [5.41, 5.74) is 0.482. The number of methoxy groups -OCH3 is 1. The lowest BCUT2D eigenvalue weighted by Crippen LogP contribution is -2.41. The summed E-state index contributed by atoms with van der Waals surface area (Å²) in [5.74, 6) is -0.786. The first-order valence-electron chi connectivity index (χ1n) is 7.78. The van der Waals surface area contributed by atoms with Gasteiger partial charge in [0.1, 0.15) is 5.75 Å². The number of benzene rings is 1. The minimum atomic E-state index is -1.06. The van der Waals surface area contributed by atoms with Crippen LogP contribution in [-0.2, 0) is 9.53 Å². The molecule has 0 aliphatic heterocycles. The van der Waals surface area contributed by atoms with Gasteiger partial charge in [-0.05, 0) is 31.0 Å². The van der Waals surface area contributed by atoms with Crippen LogP contribution in [0.3, 0.4) is 0 Å². The molecule has 0 bridgehead atoms. The van der Waals surface area contributed by atoms with Gasteiger partial charge in [-0.1, -0.05) is 19.9 Å². The Balaban J connectivity index is 2.93. The summed E-state index contributed by atoms with van der Waals surface area (Å²) in [7, 11) is 1.61. The van der Waals surface area contributed by atoms with Crippen molar-refractivity contribution in [3.05, 3.63) is 29.8 Å². The van der Waals surface area contributed by atoms with E-state index in [-0.39, 0.29) is 11.9 Å². The molecule has 0 aromatic heterocycles. The van der Waals surface area contributed by atoms with E-state index in [1.54, 1.807) is 36.3 Å². The maximum Gasteiger partial charge on any atom is 0.341 e. The quantitative estimate of drug-likeness (QED) is 0.715. The Morgan fingerprint density at radius 1 is 1.26 bits per heavy atom. The lowest BCUT2D eigenvalue weighted by Gasteiger charge is -2.30. The molecule has 1 N–H and O–H groups in total. The number of carboxylic acids is 1. The molecule has 0 atom stereocenters. The molecule has 0 heterocycles. The average molecular weight is 323 g/mol. The number of carboxylic acid groups (broad SMARTS) is 1. The summed E-state index contributed by atoms with van der Waals surface area (Å²) >= 11 is 0. The molecule has 128 valence electrons. The van der Waals surface area contributed by atoms with E-state index in [9.17, 15) is 9.59 Å². The van der Waals surface area contributed by atoms with E-state index in [1.165, 1.54) is 0 Å². The second-order valence-electron chi connectivity index (χ2n) is 5.17. The third kappa shape index (κ3) is 5.90. The molecule has 0 saturated carbocycles. The Kier molecular flexibility index (Phi) is 8.11. The van der Waals surface area contributed by atoms with Gasteiger partial charge in [0.2, 0.25) is 0 Å². The first-order chi connectivity index (χ1) is 11.0. The summed E-state index contributed by atoms with van der Waals surface area (Å²) in [4.78, 5) is 25.2. The number of nitrogens with zero attached hydrogens (tertiary/aromatic N) is 1. The molecule has 23 heavy (non-hydrogen) atoms. The molecule has 0 unspecified atom stereocenters. The smallest absolute Gasteiger partial charge is 0.341 e. The number of aliphatic carboxylic acids is 1. The molecular weight excluding hydrogens is 298 g/mol. The van der Waals surface area contributed by atoms with E-state index in [0.29, 0.717) is 24.5 Å². The van der Waals surface area contributed by atoms with Crippen LogP contribution in [0.15, 0.2) is 24.3 Å². The molecule has 0 aliphatic rings. The topological polar surface area (TPSA) is 76.1 Å². The van der Waals surface area contributed by atoms with Crippen LogP contribution in [0.25, 0.3) is 0 Å². The predicted molar refractivity (Wildman–Crippen MR) is 86.9 cm³/mol. The highest BCUT2D eigenvalue weighted by Gasteiger charge is 2.22. The van der Waals surface area contributed by atoms with Crippen LogP contribution in [0, 0.1) is 0 Å². The largest absolute Gasteiger partial charge is 0.482 e. The van der Waals surface area contributed by atoms with Crippen LogP contribution in [-0.4, -0.2) is 54.8 Å². The molecule has 1 amide bonds. The lowest BCUT2D eigenvalue weighted by molar-refractivity contribution is -0.139. The number of carbonyl (C=O) groups is 2. The molecule has 0 spiro atoms. The summed E-state index contributed by atoms with van der Waals surface area (Å²) in [6.07, 6.45) is 1.72. The van der Waals surface area contributed by atoms with Gasteiger partial charge in [0.05, 0.1) is 6.61 Å². The molecular formula is C17H25NO5. The van der Waals surface area contributed by atoms with E-state index in [2.05, 4.69) is 0 Å². The highest BCUT2D eigenvalue weighted by molar-refractivity contribution is 5.94. The highest BCUT2D eigenvalue weighted by atomic mass is 16.5. The Labute approximate surface area is 137 Å². The van der Waals surface area contributed by atoms with Gasteiger partial charge < -0.3 is 19.5 Å². The van der Waals surface area contributed by atoms with Crippen LogP contribution in [0.4, 0.5) is 0 Å². The third-order valence-electron chi connectivity index (χ3n) is 3.62. The van der Waals surface area contributed by atoms with E-state index in [0.717, 1.165) is 12.8 Å². The van der Waals surface area contributed by atoms with Crippen molar-refractivity contribution in [2.45, 2.75) is 32.7 Å². The standard InChI is InChI=1S/C17H25NO5/c1-4-14(5-2)18(9-10-22-3)17(21)13-7-6-8-15(11-13)23-12-16(19)20/h6-8,11,14H,4-5,9-10,12H2,1-3H3,(H,19,20). The molecule has 1 aromatic rings. The van der Waals surface area contributed by atoms with Gasteiger partial charge in [0.25, 0.3) is 5.91 Å². The van der Waals surface area contributed by atoms with Crippen LogP contribution in [0.1, 0.15) is 37.0 Å². The minimum Gasteiger partial charge on any atom is -0.482 e. The van der Waals surface area contributed by atoms with Gasteiger partial charge in [-0.25, -0.2) is 4.79 Å². The summed E-state index contributed by atoms with van der Waals surface area (Å²) in [5, 5.41) is 8.66. The zero-order valence-electron chi connectivity index (χ0n) is 13.9. The number of rotatable bonds is 10. The van der Waals surface area contributed by atoms with Crippen LogP contribution in [0.5, 0.6) is 5.75 Å². The zero-order chi connectivity index (χ0) is 17.2.